The summed E-state index contributed by atoms with van der Waals surface area (Å²) in [5.41, 5.74) is 4.59. The van der Waals surface area contributed by atoms with E-state index in [1.54, 1.807) is 0 Å². The molecule has 1 fully saturated rings. The van der Waals surface area contributed by atoms with E-state index in [1.165, 1.54) is 11.1 Å². The lowest BCUT2D eigenvalue weighted by Gasteiger charge is -2.43. The third kappa shape index (κ3) is 3.81. The molecule has 2 aliphatic rings. The Morgan fingerprint density at radius 1 is 1.07 bits per heavy atom. The third-order valence-corrected chi connectivity index (χ3v) is 5.83. The molecule has 152 valence electrons. The summed E-state index contributed by atoms with van der Waals surface area (Å²) in [4.78, 5) is 19.3. The van der Waals surface area contributed by atoms with Crippen LogP contribution in [0.2, 0.25) is 0 Å². The standard InChI is InChI=1S/C25H24N2O3/c28-25(30-15-18-6-2-1-3-7-18)27-22-13-19(14-23(27)17-29-16-22)12-21-9-4-8-20-10-5-11-26-24(20)21/h1-11,13,22-23H,12,14-17H2. The average Bonchev–Trinajstić information content (AvgIpc) is 2.78. The monoisotopic (exact) mass is 400 g/mol. The zero-order valence-corrected chi connectivity index (χ0v) is 16.7. The van der Waals surface area contributed by atoms with Crippen LogP contribution in [-0.2, 0) is 22.5 Å². The van der Waals surface area contributed by atoms with Crippen LogP contribution in [0.5, 0.6) is 0 Å². The van der Waals surface area contributed by atoms with Gasteiger partial charge in [0.2, 0.25) is 0 Å². The molecule has 2 unspecified atom stereocenters. The Morgan fingerprint density at radius 3 is 2.80 bits per heavy atom. The van der Waals surface area contributed by atoms with Gasteiger partial charge in [0.1, 0.15) is 6.61 Å². The van der Waals surface area contributed by atoms with E-state index in [0.717, 1.165) is 29.3 Å². The summed E-state index contributed by atoms with van der Waals surface area (Å²) >= 11 is 0. The molecule has 2 aromatic carbocycles. The molecule has 5 rings (SSSR count). The second-order valence-corrected chi connectivity index (χ2v) is 7.90. The molecule has 2 atom stereocenters. The lowest BCUT2D eigenvalue weighted by Crippen LogP contribution is -2.56. The highest BCUT2D eigenvalue weighted by molar-refractivity contribution is 5.81. The number of carbonyl (C=O) groups excluding carboxylic acids is 1. The topological polar surface area (TPSA) is 51.7 Å². The lowest BCUT2D eigenvalue weighted by atomic mass is 9.90. The van der Waals surface area contributed by atoms with Crippen molar-refractivity contribution in [2.75, 3.05) is 13.2 Å². The van der Waals surface area contributed by atoms with Gasteiger partial charge >= 0.3 is 6.09 Å². The molecule has 30 heavy (non-hydrogen) atoms. The lowest BCUT2D eigenvalue weighted by molar-refractivity contribution is -0.0374. The molecule has 1 amide bonds. The molecule has 2 aliphatic heterocycles. The fourth-order valence-electron chi connectivity index (χ4n) is 4.45. The minimum absolute atomic E-state index is 0.00922. The number of fused-ring (bicyclic) bond motifs is 3. The number of para-hydroxylation sites is 1. The molecule has 5 nitrogen and oxygen atoms in total. The number of rotatable bonds is 4. The summed E-state index contributed by atoms with van der Waals surface area (Å²) in [6.07, 6.45) is 5.39. The number of ether oxygens (including phenoxy) is 2. The van der Waals surface area contributed by atoms with Crippen molar-refractivity contribution in [2.24, 2.45) is 0 Å². The van der Waals surface area contributed by atoms with Crippen molar-refractivity contribution < 1.29 is 14.3 Å². The van der Waals surface area contributed by atoms with Gasteiger partial charge < -0.3 is 9.47 Å². The maximum Gasteiger partial charge on any atom is 0.411 e. The van der Waals surface area contributed by atoms with E-state index >= 15 is 0 Å². The van der Waals surface area contributed by atoms with Gasteiger partial charge in [-0.3, -0.25) is 9.88 Å². The average molecular weight is 400 g/mol. The zero-order chi connectivity index (χ0) is 20.3. The van der Waals surface area contributed by atoms with E-state index in [-0.39, 0.29) is 24.8 Å². The van der Waals surface area contributed by atoms with Gasteiger partial charge in [-0.2, -0.15) is 0 Å². The van der Waals surface area contributed by atoms with E-state index in [2.05, 4.69) is 35.3 Å². The second-order valence-electron chi connectivity index (χ2n) is 7.90. The van der Waals surface area contributed by atoms with Crippen molar-refractivity contribution in [3.05, 3.63) is 89.6 Å². The molecule has 0 spiro atoms. The van der Waals surface area contributed by atoms with Gasteiger partial charge in [0.05, 0.1) is 30.8 Å². The fraction of sp³-hybridized carbons (Fsp3) is 0.280. The molecular formula is C25H24N2O3. The van der Waals surface area contributed by atoms with Gasteiger partial charge in [0, 0.05) is 11.6 Å². The SMILES string of the molecule is O=C(OCc1ccccc1)N1C2C=C(Cc3cccc4cccnc34)CC1COC2. The van der Waals surface area contributed by atoms with Crippen molar-refractivity contribution in [3.8, 4) is 0 Å². The van der Waals surface area contributed by atoms with Crippen LogP contribution in [0.15, 0.2) is 78.5 Å². The van der Waals surface area contributed by atoms with Crippen molar-refractivity contribution in [1.29, 1.82) is 0 Å². The van der Waals surface area contributed by atoms with Gasteiger partial charge in [0.15, 0.2) is 0 Å². The Hall–Kier alpha value is -3.18. The Labute approximate surface area is 175 Å². The summed E-state index contributed by atoms with van der Waals surface area (Å²) in [6, 6.07) is 20.1. The van der Waals surface area contributed by atoms with E-state index in [9.17, 15) is 4.79 Å². The number of hydrogen-bond acceptors (Lipinski definition) is 4. The second kappa shape index (κ2) is 8.28. The van der Waals surface area contributed by atoms with Gasteiger partial charge in [-0.1, -0.05) is 66.2 Å². The first-order chi connectivity index (χ1) is 14.8. The van der Waals surface area contributed by atoms with Crippen LogP contribution >= 0.6 is 0 Å². The molecule has 3 aromatic rings. The Balaban J connectivity index is 1.32. The van der Waals surface area contributed by atoms with Crippen LogP contribution in [0.25, 0.3) is 10.9 Å². The zero-order valence-electron chi connectivity index (χ0n) is 16.7. The molecule has 1 aromatic heterocycles. The Morgan fingerprint density at radius 2 is 1.93 bits per heavy atom. The number of amides is 1. The smallest absolute Gasteiger partial charge is 0.411 e. The van der Waals surface area contributed by atoms with E-state index in [0.29, 0.717) is 13.2 Å². The van der Waals surface area contributed by atoms with Crippen molar-refractivity contribution >= 4 is 17.0 Å². The maximum absolute atomic E-state index is 12.8. The first-order valence-electron chi connectivity index (χ1n) is 10.4. The molecule has 5 heteroatoms. The molecular weight excluding hydrogens is 376 g/mol. The summed E-state index contributed by atoms with van der Waals surface area (Å²) in [7, 11) is 0. The molecule has 2 bridgehead atoms. The Kier molecular flexibility index (Phi) is 5.20. The van der Waals surface area contributed by atoms with E-state index < -0.39 is 0 Å². The van der Waals surface area contributed by atoms with Gasteiger partial charge in [-0.25, -0.2) is 4.79 Å². The number of pyridine rings is 1. The Bertz CT molecular complexity index is 1070. The van der Waals surface area contributed by atoms with Crippen LogP contribution in [0.1, 0.15) is 17.5 Å². The van der Waals surface area contributed by atoms with Crippen molar-refractivity contribution in [3.63, 3.8) is 0 Å². The third-order valence-electron chi connectivity index (χ3n) is 5.83. The predicted molar refractivity (Wildman–Crippen MR) is 115 cm³/mol. The number of aromatic nitrogens is 1. The molecule has 0 aliphatic carbocycles. The maximum atomic E-state index is 12.8. The van der Waals surface area contributed by atoms with Crippen molar-refractivity contribution in [2.45, 2.75) is 31.5 Å². The number of benzene rings is 2. The van der Waals surface area contributed by atoms with Crippen LogP contribution in [-0.4, -0.2) is 41.3 Å². The highest BCUT2D eigenvalue weighted by Crippen LogP contribution is 2.31. The summed E-state index contributed by atoms with van der Waals surface area (Å²) in [5.74, 6) is 0. The number of nitrogens with zero attached hydrogens (tertiary/aromatic N) is 2. The molecule has 3 heterocycles. The number of hydrogen-bond donors (Lipinski definition) is 0. The van der Waals surface area contributed by atoms with E-state index in [1.807, 2.05) is 47.5 Å². The largest absolute Gasteiger partial charge is 0.445 e. The summed E-state index contributed by atoms with van der Waals surface area (Å²) in [5, 5.41) is 1.15. The van der Waals surface area contributed by atoms with Crippen LogP contribution in [0.3, 0.4) is 0 Å². The van der Waals surface area contributed by atoms with Gasteiger partial charge in [-0.15, -0.1) is 0 Å². The first-order valence-corrected chi connectivity index (χ1v) is 10.4. The normalized spacial score (nSPS) is 20.7. The number of carbonyl (C=O) groups is 1. The van der Waals surface area contributed by atoms with Crippen LogP contribution in [0, 0.1) is 0 Å². The molecule has 1 saturated heterocycles. The minimum Gasteiger partial charge on any atom is -0.445 e. The summed E-state index contributed by atoms with van der Waals surface area (Å²) < 4.78 is 11.3. The molecule has 0 N–H and O–H groups in total. The number of morpholine rings is 1. The van der Waals surface area contributed by atoms with Gasteiger partial charge in [0.25, 0.3) is 0 Å². The summed E-state index contributed by atoms with van der Waals surface area (Å²) in [6.45, 7) is 1.34. The molecule has 0 saturated carbocycles. The molecule has 0 radical (unpaired) electrons. The minimum atomic E-state index is -0.265. The van der Waals surface area contributed by atoms with E-state index in [4.69, 9.17) is 9.47 Å². The van der Waals surface area contributed by atoms with Crippen LogP contribution < -0.4 is 0 Å². The highest BCUT2D eigenvalue weighted by Gasteiger charge is 2.38. The quantitative estimate of drug-likeness (QED) is 0.605. The highest BCUT2D eigenvalue weighted by atomic mass is 16.6. The van der Waals surface area contributed by atoms with Crippen LogP contribution in [0.4, 0.5) is 4.79 Å². The first kappa shape index (κ1) is 18.8. The fourth-order valence-corrected chi connectivity index (χ4v) is 4.45. The van der Waals surface area contributed by atoms with Crippen molar-refractivity contribution in [1.82, 2.24) is 9.88 Å². The van der Waals surface area contributed by atoms with Gasteiger partial charge in [-0.05, 0) is 30.0 Å². The predicted octanol–water partition coefficient (Wildman–Crippen LogP) is 4.51.